The van der Waals surface area contributed by atoms with Gasteiger partial charge in [-0.25, -0.2) is 4.98 Å². The zero-order chi connectivity index (χ0) is 8.97. The minimum absolute atomic E-state index is 0.614. The molecule has 0 bridgehead atoms. The van der Waals surface area contributed by atoms with Crippen LogP contribution >= 0.6 is 11.8 Å². The first-order chi connectivity index (χ1) is 5.74. The molecule has 1 unspecified atom stereocenters. The Labute approximate surface area is 77.4 Å². The summed E-state index contributed by atoms with van der Waals surface area (Å²) < 4.78 is 1.99. The van der Waals surface area contributed by atoms with Crippen LogP contribution in [0, 0.1) is 5.92 Å². The average Bonchev–Trinajstić information content (AvgIpc) is 2.37. The molecule has 1 rings (SSSR count). The fraction of sp³-hybridized carbons (Fsp3) is 0.625. The lowest BCUT2D eigenvalue weighted by Gasteiger charge is -2.10. The summed E-state index contributed by atoms with van der Waals surface area (Å²) in [5, 5.41) is 0. The van der Waals surface area contributed by atoms with Gasteiger partial charge in [-0.1, -0.05) is 6.92 Å². The molecular weight excluding hydrogens is 170 g/mol. The first-order valence-electron chi connectivity index (χ1n) is 3.99. The Bertz CT molecular complexity index is 234. The third-order valence-corrected chi connectivity index (χ3v) is 2.61. The third kappa shape index (κ3) is 2.44. The number of hydrogen-bond acceptors (Lipinski definition) is 3. The van der Waals surface area contributed by atoms with Gasteiger partial charge in [-0.3, -0.25) is 0 Å². The van der Waals surface area contributed by atoms with E-state index in [4.69, 9.17) is 5.73 Å². The van der Waals surface area contributed by atoms with Gasteiger partial charge in [-0.05, 0) is 17.9 Å². The van der Waals surface area contributed by atoms with Gasteiger partial charge >= 0.3 is 0 Å². The van der Waals surface area contributed by atoms with E-state index in [1.807, 2.05) is 22.5 Å². The minimum Gasteiger partial charge on any atom is -0.369 e. The maximum atomic E-state index is 5.63. The van der Waals surface area contributed by atoms with Crippen molar-refractivity contribution in [3.05, 3.63) is 12.4 Å². The van der Waals surface area contributed by atoms with Gasteiger partial charge in [-0.2, -0.15) is 11.8 Å². The molecule has 1 aromatic rings. The first kappa shape index (κ1) is 9.45. The van der Waals surface area contributed by atoms with Crippen LogP contribution < -0.4 is 5.73 Å². The molecule has 12 heavy (non-hydrogen) atoms. The Hall–Kier alpha value is -0.640. The maximum absolute atomic E-state index is 5.63. The highest BCUT2D eigenvalue weighted by Gasteiger charge is 2.03. The summed E-state index contributed by atoms with van der Waals surface area (Å²) in [5.41, 5.74) is 5.63. The highest BCUT2D eigenvalue weighted by Crippen LogP contribution is 2.09. The Morgan fingerprint density at radius 3 is 3.00 bits per heavy atom. The number of hydrogen-bond donors (Lipinski definition) is 1. The smallest absolute Gasteiger partial charge is 0.200 e. The molecule has 0 aliphatic rings. The molecule has 0 aliphatic heterocycles. The lowest BCUT2D eigenvalue weighted by atomic mass is 10.2. The van der Waals surface area contributed by atoms with Crippen molar-refractivity contribution in [2.75, 3.05) is 17.7 Å². The minimum atomic E-state index is 0.614. The summed E-state index contributed by atoms with van der Waals surface area (Å²) in [4.78, 5) is 3.96. The van der Waals surface area contributed by atoms with Crippen molar-refractivity contribution in [2.45, 2.75) is 13.5 Å². The van der Waals surface area contributed by atoms with Crippen molar-refractivity contribution in [3.8, 4) is 0 Å². The van der Waals surface area contributed by atoms with Crippen LogP contribution in [-0.4, -0.2) is 21.6 Å². The number of thioether (sulfide) groups is 1. The SMILES string of the molecule is CSCC(C)Cn1ccnc1N. The number of imidazole rings is 1. The van der Waals surface area contributed by atoms with E-state index in [1.54, 1.807) is 6.20 Å². The average molecular weight is 185 g/mol. The number of anilines is 1. The van der Waals surface area contributed by atoms with Crippen LogP contribution in [0.2, 0.25) is 0 Å². The Kier molecular flexibility index (Phi) is 3.47. The largest absolute Gasteiger partial charge is 0.369 e. The van der Waals surface area contributed by atoms with Gasteiger partial charge in [0, 0.05) is 18.9 Å². The molecule has 0 aromatic carbocycles. The van der Waals surface area contributed by atoms with Crippen LogP contribution in [0.25, 0.3) is 0 Å². The van der Waals surface area contributed by atoms with Crippen molar-refractivity contribution in [2.24, 2.45) is 5.92 Å². The standard InChI is InChI=1S/C8H15N3S/c1-7(6-12-2)5-11-4-3-10-8(11)9/h3-4,7H,5-6H2,1-2H3,(H2,9,10). The molecule has 1 heterocycles. The van der Waals surface area contributed by atoms with Crippen molar-refractivity contribution < 1.29 is 0 Å². The third-order valence-electron chi connectivity index (χ3n) is 1.71. The number of nitrogens with zero attached hydrogens (tertiary/aromatic N) is 2. The molecule has 0 amide bonds. The fourth-order valence-corrected chi connectivity index (χ4v) is 1.84. The van der Waals surface area contributed by atoms with Crippen LogP contribution in [0.15, 0.2) is 12.4 Å². The second kappa shape index (κ2) is 4.40. The summed E-state index contributed by atoms with van der Waals surface area (Å²) in [5.74, 6) is 2.43. The molecule has 68 valence electrons. The first-order valence-corrected chi connectivity index (χ1v) is 5.39. The second-order valence-corrected chi connectivity index (χ2v) is 3.91. The maximum Gasteiger partial charge on any atom is 0.200 e. The number of rotatable bonds is 4. The van der Waals surface area contributed by atoms with E-state index in [-0.39, 0.29) is 0 Å². The van der Waals surface area contributed by atoms with E-state index >= 15 is 0 Å². The lowest BCUT2D eigenvalue weighted by molar-refractivity contribution is 0.536. The molecule has 4 heteroatoms. The van der Waals surface area contributed by atoms with Crippen molar-refractivity contribution >= 4 is 17.7 Å². The van der Waals surface area contributed by atoms with Gasteiger partial charge < -0.3 is 10.3 Å². The number of nitrogen functional groups attached to an aromatic ring is 1. The van der Waals surface area contributed by atoms with E-state index < -0.39 is 0 Å². The lowest BCUT2D eigenvalue weighted by Crippen LogP contribution is -2.11. The topological polar surface area (TPSA) is 43.8 Å². The predicted molar refractivity (Wildman–Crippen MR) is 54.2 cm³/mol. The Morgan fingerprint density at radius 2 is 2.50 bits per heavy atom. The van der Waals surface area contributed by atoms with Crippen LogP contribution in [0.1, 0.15) is 6.92 Å². The molecule has 0 saturated carbocycles. The fourth-order valence-electron chi connectivity index (χ4n) is 1.17. The molecule has 0 aliphatic carbocycles. The van der Waals surface area contributed by atoms with Crippen molar-refractivity contribution in [1.29, 1.82) is 0 Å². The number of aromatic nitrogens is 2. The van der Waals surface area contributed by atoms with Gasteiger partial charge in [-0.15, -0.1) is 0 Å². The summed E-state index contributed by atoms with van der Waals surface area (Å²) in [6, 6.07) is 0. The molecule has 2 N–H and O–H groups in total. The zero-order valence-corrected chi connectivity index (χ0v) is 8.34. The van der Waals surface area contributed by atoms with Gasteiger partial charge in [0.25, 0.3) is 0 Å². The van der Waals surface area contributed by atoms with Gasteiger partial charge in [0.05, 0.1) is 0 Å². The van der Waals surface area contributed by atoms with Gasteiger partial charge in [0.1, 0.15) is 0 Å². The van der Waals surface area contributed by atoms with Crippen LogP contribution in [0.5, 0.6) is 0 Å². The summed E-state index contributed by atoms with van der Waals surface area (Å²) in [6.45, 7) is 3.18. The van der Waals surface area contributed by atoms with Crippen LogP contribution in [-0.2, 0) is 6.54 Å². The van der Waals surface area contributed by atoms with E-state index in [0.717, 1.165) is 12.3 Å². The molecule has 3 nitrogen and oxygen atoms in total. The monoisotopic (exact) mass is 185 g/mol. The molecular formula is C8H15N3S. The van der Waals surface area contributed by atoms with E-state index in [2.05, 4.69) is 18.2 Å². The molecule has 0 saturated heterocycles. The molecule has 0 radical (unpaired) electrons. The van der Waals surface area contributed by atoms with Gasteiger partial charge in [0.15, 0.2) is 5.95 Å². The molecule has 0 fully saturated rings. The van der Waals surface area contributed by atoms with Crippen LogP contribution in [0.4, 0.5) is 5.95 Å². The van der Waals surface area contributed by atoms with E-state index in [1.165, 1.54) is 0 Å². The van der Waals surface area contributed by atoms with Crippen molar-refractivity contribution in [1.82, 2.24) is 9.55 Å². The highest BCUT2D eigenvalue weighted by atomic mass is 32.2. The molecule has 1 atom stereocenters. The highest BCUT2D eigenvalue weighted by molar-refractivity contribution is 7.98. The number of nitrogens with two attached hydrogens (primary N) is 1. The summed E-state index contributed by atoms with van der Waals surface area (Å²) >= 11 is 1.86. The normalized spacial score (nSPS) is 13.2. The van der Waals surface area contributed by atoms with Crippen LogP contribution in [0.3, 0.4) is 0 Å². The predicted octanol–water partition coefficient (Wildman–Crippen LogP) is 1.46. The quantitative estimate of drug-likeness (QED) is 0.772. The molecule has 0 spiro atoms. The zero-order valence-electron chi connectivity index (χ0n) is 7.53. The van der Waals surface area contributed by atoms with Crippen molar-refractivity contribution in [3.63, 3.8) is 0 Å². The molecule has 1 aromatic heterocycles. The Morgan fingerprint density at radius 1 is 1.75 bits per heavy atom. The van der Waals surface area contributed by atoms with Gasteiger partial charge in [0.2, 0.25) is 0 Å². The van der Waals surface area contributed by atoms with E-state index in [9.17, 15) is 0 Å². The summed E-state index contributed by atoms with van der Waals surface area (Å²) in [7, 11) is 0. The summed E-state index contributed by atoms with van der Waals surface area (Å²) in [6.07, 6.45) is 5.78. The second-order valence-electron chi connectivity index (χ2n) is 3.00. The Balaban J connectivity index is 2.46. The van der Waals surface area contributed by atoms with E-state index in [0.29, 0.717) is 11.9 Å².